The average Bonchev–Trinajstić information content (AvgIpc) is 2.40. The zero-order chi connectivity index (χ0) is 15.0. The van der Waals surface area contributed by atoms with Gasteiger partial charge in [0, 0.05) is 30.3 Å². The van der Waals surface area contributed by atoms with Crippen molar-refractivity contribution < 1.29 is 4.79 Å². The fraction of sp³-hybridized carbons (Fsp3) is 0.214. The molecule has 0 saturated carbocycles. The normalized spacial score (nSPS) is 10.6. The molecule has 1 aromatic carbocycles. The zero-order valence-electron chi connectivity index (χ0n) is 11.3. The molecule has 0 aliphatic carbocycles. The summed E-state index contributed by atoms with van der Waals surface area (Å²) >= 11 is 3.33. The molecular formula is C14H13BrN2O3. The summed E-state index contributed by atoms with van der Waals surface area (Å²) < 4.78 is 3.02. The lowest BCUT2D eigenvalue weighted by Crippen LogP contribution is -2.39. The van der Waals surface area contributed by atoms with Crippen LogP contribution in [0.4, 0.5) is 0 Å². The predicted molar refractivity (Wildman–Crippen MR) is 79.2 cm³/mol. The molecule has 20 heavy (non-hydrogen) atoms. The number of rotatable bonds is 2. The summed E-state index contributed by atoms with van der Waals surface area (Å²) in [5, 5.41) is 0. The van der Waals surface area contributed by atoms with E-state index >= 15 is 0 Å². The van der Waals surface area contributed by atoms with Crippen LogP contribution in [0.3, 0.4) is 0 Å². The van der Waals surface area contributed by atoms with Gasteiger partial charge in [-0.05, 0) is 30.7 Å². The van der Waals surface area contributed by atoms with Crippen molar-refractivity contribution in [3.05, 3.63) is 66.4 Å². The van der Waals surface area contributed by atoms with Gasteiger partial charge in [0.05, 0.1) is 0 Å². The summed E-state index contributed by atoms with van der Waals surface area (Å²) in [6, 6.07) is 5.21. The molecule has 0 radical (unpaired) electrons. The first-order valence-electron chi connectivity index (χ1n) is 5.90. The van der Waals surface area contributed by atoms with Crippen molar-refractivity contribution in [2.75, 3.05) is 0 Å². The van der Waals surface area contributed by atoms with Crippen molar-refractivity contribution in [2.45, 2.75) is 6.92 Å². The Labute approximate surface area is 123 Å². The molecule has 2 rings (SSSR count). The minimum absolute atomic E-state index is 0.0139. The maximum atomic E-state index is 12.5. The lowest BCUT2D eigenvalue weighted by atomic mass is 10.0. The average molecular weight is 337 g/mol. The molecule has 0 aliphatic rings. The van der Waals surface area contributed by atoms with E-state index in [1.807, 2.05) is 0 Å². The van der Waals surface area contributed by atoms with E-state index in [2.05, 4.69) is 15.9 Å². The highest BCUT2D eigenvalue weighted by molar-refractivity contribution is 9.10. The van der Waals surface area contributed by atoms with Crippen molar-refractivity contribution in [3.63, 3.8) is 0 Å². The van der Waals surface area contributed by atoms with Gasteiger partial charge in [0.15, 0.2) is 5.78 Å². The summed E-state index contributed by atoms with van der Waals surface area (Å²) in [7, 11) is 2.86. The van der Waals surface area contributed by atoms with Crippen LogP contribution in [0.15, 0.2) is 38.5 Å². The van der Waals surface area contributed by atoms with E-state index in [1.54, 1.807) is 25.1 Å². The van der Waals surface area contributed by atoms with E-state index in [-0.39, 0.29) is 11.3 Å². The Morgan fingerprint density at radius 1 is 1.15 bits per heavy atom. The lowest BCUT2D eigenvalue weighted by molar-refractivity contribution is 0.103. The minimum atomic E-state index is -0.583. The van der Waals surface area contributed by atoms with Crippen LogP contribution in [0.5, 0.6) is 0 Å². The number of halogens is 1. The van der Waals surface area contributed by atoms with E-state index in [1.165, 1.54) is 24.9 Å². The Hall–Kier alpha value is -1.95. The van der Waals surface area contributed by atoms with Gasteiger partial charge in [-0.2, -0.15) is 0 Å². The number of hydrogen-bond acceptors (Lipinski definition) is 3. The molecule has 0 amide bonds. The Morgan fingerprint density at radius 2 is 1.80 bits per heavy atom. The van der Waals surface area contributed by atoms with Crippen molar-refractivity contribution in [1.82, 2.24) is 9.13 Å². The molecule has 0 atom stereocenters. The molecule has 0 bridgehead atoms. The third-order valence-corrected chi connectivity index (χ3v) is 3.62. The Bertz CT molecular complexity index is 818. The number of carbonyl (C=O) groups is 1. The molecule has 0 saturated heterocycles. The molecule has 104 valence electrons. The van der Waals surface area contributed by atoms with Crippen LogP contribution >= 0.6 is 15.9 Å². The first kappa shape index (κ1) is 14.5. The fourth-order valence-electron chi connectivity index (χ4n) is 1.99. The van der Waals surface area contributed by atoms with Gasteiger partial charge in [0.25, 0.3) is 5.56 Å². The van der Waals surface area contributed by atoms with Crippen LogP contribution in [0.25, 0.3) is 0 Å². The topological polar surface area (TPSA) is 61.1 Å². The van der Waals surface area contributed by atoms with Crippen molar-refractivity contribution in [3.8, 4) is 0 Å². The smallest absolute Gasteiger partial charge is 0.303 e. The first-order valence-corrected chi connectivity index (χ1v) is 6.69. The molecule has 2 aromatic rings. The zero-order valence-corrected chi connectivity index (χ0v) is 12.9. The Kier molecular flexibility index (Phi) is 3.76. The standard InChI is InChI=1S/C14H13BrN2O3/c1-8-6-9(15)4-5-10(8)12(18)11-7-16(2)14(20)17(3)13(11)19/h4-7H,1-3H3. The van der Waals surface area contributed by atoms with Gasteiger partial charge in [-0.25, -0.2) is 4.79 Å². The second-order valence-corrected chi connectivity index (χ2v) is 5.50. The second-order valence-electron chi connectivity index (χ2n) is 4.59. The Morgan fingerprint density at radius 3 is 2.40 bits per heavy atom. The van der Waals surface area contributed by atoms with Crippen molar-refractivity contribution in [1.29, 1.82) is 0 Å². The number of nitrogens with zero attached hydrogens (tertiary/aromatic N) is 2. The monoisotopic (exact) mass is 336 g/mol. The van der Waals surface area contributed by atoms with Gasteiger partial charge in [-0.15, -0.1) is 0 Å². The molecule has 0 unspecified atom stereocenters. The van der Waals surface area contributed by atoms with Gasteiger partial charge >= 0.3 is 5.69 Å². The van der Waals surface area contributed by atoms with Gasteiger partial charge in [-0.3, -0.25) is 14.2 Å². The van der Waals surface area contributed by atoms with E-state index < -0.39 is 11.2 Å². The van der Waals surface area contributed by atoms with Crippen LogP contribution in [0, 0.1) is 6.92 Å². The van der Waals surface area contributed by atoms with E-state index in [9.17, 15) is 14.4 Å². The molecule has 0 spiro atoms. The van der Waals surface area contributed by atoms with Gasteiger partial charge in [-0.1, -0.05) is 15.9 Å². The molecule has 1 heterocycles. The highest BCUT2D eigenvalue weighted by Gasteiger charge is 2.18. The van der Waals surface area contributed by atoms with Gasteiger partial charge in [0.1, 0.15) is 5.56 Å². The third kappa shape index (κ3) is 2.38. The highest BCUT2D eigenvalue weighted by Crippen LogP contribution is 2.17. The summed E-state index contributed by atoms with van der Waals surface area (Å²) in [5.41, 5.74) is 0.156. The molecular weight excluding hydrogens is 324 g/mol. The van der Waals surface area contributed by atoms with Gasteiger partial charge in [0.2, 0.25) is 0 Å². The second kappa shape index (κ2) is 5.20. The Balaban J connectivity index is 2.66. The van der Waals surface area contributed by atoms with Crippen molar-refractivity contribution >= 4 is 21.7 Å². The third-order valence-electron chi connectivity index (χ3n) is 3.12. The van der Waals surface area contributed by atoms with E-state index in [4.69, 9.17) is 0 Å². The molecule has 6 heteroatoms. The number of aryl methyl sites for hydroxylation is 2. The minimum Gasteiger partial charge on any atom is -0.303 e. The number of carbonyl (C=O) groups excluding carboxylic acids is 1. The van der Waals surface area contributed by atoms with E-state index in [0.29, 0.717) is 5.56 Å². The van der Waals surface area contributed by atoms with E-state index in [0.717, 1.165) is 14.6 Å². The molecule has 0 N–H and O–H groups in total. The quantitative estimate of drug-likeness (QED) is 0.778. The highest BCUT2D eigenvalue weighted by atomic mass is 79.9. The van der Waals surface area contributed by atoms with Gasteiger partial charge < -0.3 is 4.57 Å². The first-order chi connectivity index (χ1) is 9.32. The molecule has 5 nitrogen and oxygen atoms in total. The summed E-state index contributed by atoms with van der Waals surface area (Å²) in [6.45, 7) is 1.80. The molecule has 1 aromatic heterocycles. The van der Waals surface area contributed by atoms with Crippen molar-refractivity contribution in [2.24, 2.45) is 14.1 Å². The number of aromatic nitrogens is 2. The molecule has 0 aliphatic heterocycles. The maximum absolute atomic E-state index is 12.5. The number of benzene rings is 1. The SMILES string of the molecule is Cc1cc(Br)ccc1C(=O)c1cn(C)c(=O)n(C)c1=O. The van der Waals surface area contributed by atoms with Crippen LogP contribution in [0.1, 0.15) is 21.5 Å². The van der Waals surface area contributed by atoms with Crippen LogP contribution < -0.4 is 11.2 Å². The van der Waals surface area contributed by atoms with Crippen LogP contribution in [-0.2, 0) is 14.1 Å². The summed E-state index contributed by atoms with van der Waals surface area (Å²) in [6.07, 6.45) is 1.29. The maximum Gasteiger partial charge on any atom is 0.330 e. The number of ketones is 1. The molecule has 0 fully saturated rings. The fourth-order valence-corrected chi connectivity index (χ4v) is 2.47. The summed E-state index contributed by atoms with van der Waals surface area (Å²) in [5.74, 6) is -0.383. The van der Waals surface area contributed by atoms with Crippen LogP contribution in [0.2, 0.25) is 0 Å². The summed E-state index contributed by atoms with van der Waals surface area (Å²) in [4.78, 5) is 36.1. The lowest BCUT2D eigenvalue weighted by Gasteiger charge is -2.08. The van der Waals surface area contributed by atoms with Crippen LogP contribution in [-0.4, -0.2) is 14.9 Å². The predicted octanol–water partition coefficient (Wildman–Crippen LogP) is 1.39. The largest absolute Gasteiger partial charge is 0.330 e. The number of hydrogen-bond donors (Lipinski definition) is 0.